The van der Waals surface area contributed by atoms with Gasteiger partial charge in [0.25, 0.3) is 0 Å². The highest BCUT2D eigenvalue weighted by atomic mass is 16.5. The number of para-hydroxylation sites is 1. The van der Waals surface area contributed by atoms with E-state index in [1.54, 1.807) is 18.5 Å². The fraction of sp³-hybridized carbons (Fsp3) is 0.280. The van der Waals surface area contributed by atoms with Crippen LogP contribution in [0, 0.1) is 0 Å². The van der Waals surface area contributed by atoms with Gasteiger partial charge in [-0.1, -0.05) is 24.3 Å². The Hall–Kier alpha value is -3.34. The van der Waals surface area contributed by atoms with E-state index in [1.807, 2.05) is 6.07 Å². The van der Waals surface area contributed by atoms with E-state index in [-0.39, 0.29) is 5.97 Å². The number of esters is 1. The highest BCUT2D eigenvalue weighted by Crippen LogP contribution is 2.35. The third kappa shape index (κ3) is 4.15. The largest absolute Gasteiger partial charge is 0.465 e. The molecular weight excluding hydrogens is 374 g/mol. The molecule has 154 valence electrons. The van der Waals surface area contributed by atoms with Crippen LogP contribution < -0.4 is 10.2 Å². The van der Waals surface area contributed by atoms with Gasteiger partial charge in [-0.15, -0.1) is 0 Å². The molecule has 0 amide bonds. The van der Waals surface area contributed by atoms with Crippen LogP contribution in [0.3, 0.4) is 0 Å². The molecular formula is C25H27N3O2. The summed E-state index contributed by atoms with van der Waals surface area (Å²) in [6.45, 7) is 0.760. The molecule has 0 saturated carbocycles. The van der Waals surface area contributed by atoms with Gasteiger partial charge in [0.15, 0.2) is 0 Å². The summed E-state index contributed by atoms with van der Waals surface area (Å²) in [5.74, 6) is 0.0491. The van der Waals surface area contributed by atoms with E-state index < -0.39 is 0 Å². The minimum Gasteiger partial charge on any atom is -0.465 e. The molecule has 1 unspecified atom stereocenters. The van der Waals surface area contributed by atoms with E-state index in [9.17, 15) is 4.79 Å². The molecule has 1 atom stereocenters. The molecule has 0 fully saturated rings. The number of pyridine rings is 1. The summed E-state index contributed by atoms with van der Waals surface area (Å²) in [5.41, 5.74) is 6.42. The maximum atomic E-state index is 12.0. The number of fused-ring (bicyclic) bond motifs is 1. The van der Waals surface area contributed by atoms with Crippen molar-refractivity contribution >= 4 is 23.0 Å². The van der Waals surface area contributed by atoms with Crippen LogP contribution in [-0.2, 0) is 11.2 Å². The van der Waals surface area contributed by atoms with E-state index in [0.717, 1.165) is 31.5 Å². The molecule has 0 spiro atoms. The number of rotatable bonds is 6. The van der Waals surface area contributed by atoms with Gasteiger partial charge in [0.05, 0.1) is 24.6 Å². The Morgan fingerprint density at radius 2 is 2.00 bits per heavy atom. The smallest absolute Gasteiger partial charge is 0.340 e. The molecule has 3 aromatic rings. The van der Waals surface area contributed by atoms with Gasteiger partial charge in [-0.25, -0.2) is 4.79 Å². The summed E-state index contributed by atoms with van der Waals surface area (Å²) in [4.78, 5) is 18.4. The van der Waals surface area contributed by atoms with Crippen LogP contribution in [0.5, 0.6) is 0 Å². The van der Waals surface area contributed by atoms with Crippen molar-refractivity contribution < 1.29 is 9.53 Å². The molecule has 1 N–H and O–H groups in total. The van der Waals surface area contributed by atoms with Crippen LogP contribution >= 0.6 is 0 Å². The molecule has 0 saturated heterocycles. The van der Waals surface area contributed by atoms with Crippen LogP contribution in [0.15, 0.2) is 67.0 Å². The second-order valence-corrected chi connectivity index (χ2v) is 7.66. The summed E-state index contributed by atoms with van der Waals surface area (Å²) >= 11 is 0. The van der Waals surface area contributed by atoms with Gasteiger partial charge in [0.2, 0.25) is 0 Å². The summed E-state index contributed by atoms with van der Waals surface area (Å²) in [6, 6.07) is 18.9. The molecule has 2 aromatic carbocycles. The summed E-state index contributed by atoms with van der Waals surface area (Å²) in [5, 5.41) is 3.43. The Kier molecular flexibility index (Phi) is 5.98. The van der Waals surface area contributed by atoms with Gasteiger partial charge in [-0.05, 0) is 60.7 Å². The molecule has 5 nitrogen and oxygen atoms in total. The third-order valence-corrected chi connectivity index (χ3v) is 5.86. The first kappa shape index (κ1) is 20.0. The fourth-order valence-corrected chi connectivity index (χ4v) is 4.18. The second kappa shape index (κ2) is 8.99. The van der Waals surface area contributed by atoms with Crippen molar-refractivity contribution in [1.29, 1.82) is 0 Å². The number of hydrogen-bond acceptors (Lipinski definition) is 5. The Morgan fingerprint density at radius 1 is 1.17 bits per heavy atom. The van der Waals surface area contributed by atoms with Gasteiger partial charge >= 0.3 is 5.97 Å². The van der Waals surface area contributed by atoms with Crippen molar-refractivity contribution in [2.75, 3.05) is 30.9 Å². The van der Waals surface area contributed by atoms with Gasteiger partial charge < -0.3 is 15.0 Å². The van der Waals surface area contributed by atoms with Gasteiger partial charge in [0.1, 0.15) is 0 Å². The van der Waals surface area contributed by atoms with Crippen molar-refractivity contribution in [1.82, 2.24) is 4.98 Å². The number of carbonyl (C=O) groups excluding carboxylic acids is 1. The first-order valence-corrected chi connectivity index (χ1v) is 10.3. The van der Waals surface area contributed by atoms with Crippen LogP contribution in [0.1, 0.15) is 40.2 Å². The molecule has 4 rings (SSSR count). The lowest BCUT2D eigenvalue weighted by Gasteiger charge is -2.28. The average molecular weight is 402 g/mol. The number of methoxy groups -OCH3 is 1. The number of anilines is 3. The van der Waals surface area contributed by atoms with Crippen molar-refractivity contribution in [3.8, 4) is 0 Å². The van der Waals surface area contributed by atoms with E-state index in [0.29, 0.717) is 11.5 Å². The number of ether oxygens (including phenoxy) is 1. The predicted octanol–water partition coefficient (Wildman–Crippen LogP) is 5.17. The zero-order valence-corrected chi connectivity index (χ0v) is 17.5. The molecule has 0 radical (unpaired) electrons. The van der Waals surface area contributed by atoms with E-state index in [4.69, 9.17) is 4.74 Å². The van der Waals surface area contributed by atoms with Gasteiger partial charge in [-0.3, -0.25) is 4.98 Å². The monoisotopic (exact) mass is 401 g/mol. The quantitative estimate of drug-likeness (QED) is 0.578. The van der Waals surface area contributed by atoms with Crippen molar-refractivity contribution in [3.05, 3.63) is 83.7 Å². The molecule has 1 heterocycles. The van der Waals surface area contributed by atoms with Crippen LogP contribution in [0.2, 0.25) is 0 Å². The normalized spacial score (nSPS) is 15.2. The second-order valence-electron chi connectivity index (χ2n) is 7.66. The number of carbonyl (C=O) groups is 1. The van der Waals surface area contributed by atoms with Crippen molar-refractivity contribution in [2.24, 2.45) is 0 Å². The molecule has 1 aliphatic rings. The van der Waals surface area contributed by atoms with Crippen LogP contribution in [-0.4, -0.2) is 31.7 Å². The zero-order chi connectivity index (χ0) is 20.9. The first-order chi connectivity index (χ1) is 14.7. The minimum atomic E-state index is -0.350. The van der Waals surface area contributed by atoms with Crippen LogP contribution in [0.4, 0.5) is 17.1 Å². The van der Waals surface area contributed by atoms with Crippen molar-refractivity contribution in [2.45, 2.75) is 25.2 Å². The SMILES string of the molecule is COC(=O)c1ccncc1NCC1CCCc2cc(N(C)c3ccccc3)ccc21. The van der Waals surface area contributed by atoms with E-state index >= 15 is 0 Å². The lowest BCUT2D eigenvalue weighted by molar-refractivity contribution is 0.0601. The maximum Gasteiger partial charge on any atom is 0.340 e. The number of benzene rings is 2. The molecule has 1 aromatic heterocycles. The topological polar surface area (TPSA) is 54.5 Å². The molecule has 0 aliphatic heterocycles. The number of aryl methyl sites for hydroxylation is 1. The molecule has 5 heteroatoms. The summed E-state index contributed by atoms with van der Waals surface area (Å²) in [6.07, 6.45) is 6.69. The first-order valence-electron chi connectivity index (χ1n) is 10.3. The number of nitrogens with one attached hydrogen (secondary N) is 1. The van der Waals surface area contributed by atoms with E-state index in [2.05, 4.69) is 64.7 Å². The Morgan fingerprint density at radius 3 is 2.80 bits per heavy atom. The van der Waals surface area contributed by atoms with Crippen LogP contribution in [0.25, 0.3) is 0 Å². The zero-order valence-electron chi connectivity index (χ0n) is 17.5. The standard InChI is InChI=1S/C25H27N3O2/c1-28(20-9-4-3-5-10-20)21-11-12-22-18(15-21)7-6-8-19(22)16-27-24-17-26-14-13-23(24)25(29)30-2/h3-5,9-15,17,19,27H,6-8,16H2,1-2H3. The predicted molar refractivity (Wildman–Crippen MR) is 121 cm³/mol. The fourth-order valence-electron chi connectivity index (χ4n) is 4.18. The number of aromatic nitrogens is 1. The lowest BCUT2D eigenvalue weighted by atomic mass is 9.82. The highest BCUT2D eigenvalue weighted by molar-refractivity contribution is 5.95. The highest BCUT2D eigenvalue weighted by Gasteiger charge is 2.22. The molecule has 1 aliphatic carbocycles. The average Bonchev–Trinajstić information content (AvgIpc) is 2.82. The number of nitrogens with zero attached hydrogens (tertiary/aromatic N) is 2. The van der Waals surface area contributed by atoms with E-state index in [1.165, 1.54) is 29.6 Å². The Labute approximate surface area is 177 Å². The maximum absolute atomic E-state index is 12.0. The Balaban J connectivity index is 1.52. The minimum absolute atomic E-state index is 0.350. The van der Waals surface area contributed by atoms with Gasteiger partial charge in [-0.2, -0.15) is 0 Å². The summed E-state index contributed by atoms with van der Waals surface area (Å²) in [7, 11) is 3.50. The third-order valence-electron chi connectivity index (χ3n) is 5.86. The van der Waals surface area contributed by atoms with Crippen molar-refractivity contribution in [3.63, 3.8) is 0 Å². The number of hydrogen-bond donors (Lipinski definition) is 1. The molecule has 30 heavy (non-hydrogen) atoms. The molecule has 0 bridgehead atoms. The summed E-state index contributed by atoms with van der Waals surface area (Å²) < 4.78 is 4.89. The van der Waals surface area contributed by atoms with Gasteiger partial charge in [0, 0.05) is 37.1 Å². The lowest BCUT2D eigenvalue weighted by Crippen LogP contribution is -2.20. The Bertz CT molecular complexity index is 1020.